The fourth-order valence-corrected chi connectivity index (χ4v) is 4.33. The molecule has 0 aliphatic rings. The average Bonchev–Trinajstić information content (AvgIpc) is 2.78. The van der Waals surface area contributed by atoms with Gasteiger partial charge in [-0.1, -0.05) is 175 Å². The molecule has 0 aromatic rings. The molecule has 1 N–H and O–H groups in total. The molecule has 0 bridgehead atoms. The first-order chi connectivity index (χ1) is 16.0. The lowest BCUT2D eigenvalue weighted by atomic mass is 10.0. The summed E-state index contributed by atoms with van der Waals surface area (Å²) in [6.07, 6.45) is 34.0. The Balaban J connectivity index is 0. The lowest BCUT2D eigenvalue weighted by Gasteiger charge is -2.03. The molecule has 0 rings (SSSR count). The number of aliphatic carboxylic acids is 1. The Morgan fingerprint density at radius 1 is 0.485 bits per heavy atom. The van der Waals surface area contributed by atoms with Crippen molar-refractivity contribution < 1.29 is 9.90 Å². The molecule has 2 heteroatoms. The highest BCUT2D eigenvalue weighted by Crippen LogP contribution is 2.14. The van der Waals surface area contributed by atoms with Gasteiger partial charge in [-0.05, 0) is 12.3 Å². The Morgan fingerprint density at radius 2 is 0.758 bits per heavy atom. The van der Waals surface area contributed by atoms with E-state index in [1.807, 2.05) is 0 Å². The second-order valence-corrected chi connectivity index (χ2v) is 10.8. The molecule has 0 aromatic carbocycles. The summed E-state index contributed by atoms with van der Waals surface area (Å²) in [6.45, 7) is 8.98. The number of carbonyl (C=O) groups is 1. The highest BCUT2D eigenvalue weighted by Gasteiger charge is 1.98. The van der Waals surface area contributed by atoms with Gasteiger partial charge in [-0.2, -0.15) is 0 Å². The molecule has 33 heavy (non-hydrogen) atoms. The Bertz CT molecular complexity index is 331. The van der Waals surface area contributed by atoms with E-state index in [1.54, 1.807) is 0 Å². The van der Waals surface area contributed by atoms with Crippen molar-refractivity contribution in [3.05, 3.63) is 0 Å². The molecule has 0 aliphatic heterocycles. The van der Waals surface area contributed by atoms with Crippen molar-refractivity contribution in [2.24, 2.45) is 5.92 Å². The minimum Gasteiger partial charge on any atom is -0.481 e. The second kappa shape index (κ2) is 31.5. The third-order valence-corrected chi connectivity index (χ3v) is 6.63. The summed E-state index contributed by atoms with van der Waals surface area (Å²) >= 11 is 0. The monoisotopic (exact) mass is 468 g/mol. The number of carboxylic acids is 1. The van der Waals surface area contributed by atoms with Gasteiger partial charge in [0.25, 0.3) is 0 Å². The topological polar surface area (TPSA) is 37.3 Å². The second-order valence-electron chi connectivity index (χ2n) is 10.8. The molecule has 200 valence electrons. The third kappa shape index (κ3) is 39.0. The zero-order valence-corrected chi connectivity index (χ0v) is 23.6. The zero-order valence-electron chi connectivity index (χ0n) is 23.6. The van der Waals surface area contributed by atoms with Crippen molar-refractivity contribution in [3.63, 3.8) is 0 Å². The first kappa shape index (κ1) is 34.6. The average molecular weight is 469 g/mol. The van der Waals surface area contributed by atoms with Crippen molar-refractivity contribution in [2.45, 2.75) is 188 Å². The Morgan fingerprint density at radius 3 is 1.00 bits per heavy atom. The molecule has 0 atom stereocenters. The highest BCUT2D eigenvalue weighted by molar-refractivity contribution is 5.66. The molecule has 0 spiro atoms. The van der Waals surface area contributed by atoms with Crippen LogP contribution in [0.25, 0.3) is 0 Å². The highest BCUT2D eigenvalue weighted by atomic mass is 16.4. The predicted octanol–water partition coefficient (Wildman–Crippen LogP) is 11.5. The lowest BCUT2D eigenvalue weighted by molar-refractivity contribution is -0.137. The molecule has 0 amide bonds. The van der Waals surface area contributed by atoms with Crippen molar-refractivity contribution >= 4 is 5.97 Å². The summed E-state index contributed by atoms with van der Waals surface area (Å²) in [5, 5.41) is 8.32. The third-order valence-electron chi connectivity index (χ3n) is 6.63. The van der Waals surface area contributed by atoms with Crippen LogP contribution in [0.2, 0.25) is 0 Å². The van der Waals surface area contributed by atoms with Gasteiger partial charge in [-0.3, -0.25) is 4.79 Å². The standard InChI is InChI=1S/C22H46.C9H18O2/c1-3-5-7-9-11-13-15-17-19-21-22-20-18-16-14-12-10-8-6-4-2;1-8(2)6-4-3-5-7-9(10)11/h3-22H2,1-2H3;8H,3-7H2,1-2H3,(H,10,11). The molecular weight excluding hydrogens is 404 g/mol. The fourth-order valence-electron chi connectivity index (χ4n) is 4.33. The van der Waals surface area contributed by atoms with Gasteiger partial charge in [0.2, 0.25) is 0 Å². The van der Waals surface area contributed by atoms with Gasteiger partial charge in [0.15, 0.2) is 0 Å². The molecule has 0 saturated heterocycles. The van der Waals surface area contributed by atoms with Gasteiger partial charge in [-0.25, -0.2) is 0 Å². The number of hydrogen-bond acceptors (Lipinski definition) is 1. The minimum absolute atomic E-state index is 0.331. The van der Waals surface area contributed by atoms with Crippen LogP contribution in [0.15, 0.2) is 0 Å². The van der Waals surface area contributed by atoms with Crippen LogP contribution in [0.3, 0.4) is 0 Å². The van der Waals surface area contributed by atoms with Crippen molar-refractivity contribution in [1.29, 1.82) is 0 Å². The number of rotatable bonds is 25. The summed E-state index contributed by atoms with van der Waals surface area (Å²) in [4.78, 5) is 10.1. The van der Waals surface area contributed by atoms with Crippen molar-refractivity contribution in [2.75, 3.05) is 0 Å². The molecule has 0 heterocycles. The van der Waals surface area contributed by atoms with E-state index in [2.05, 4.69) is 27.7 Å². The van der Waals surface area contributed by atoms with Gasteiger partial charge >= 0.3 is 5.97 Å². The summed E-state index contributed by atoms with van der Waals surface area (Å²) in [5.74, 6) is 0.0781. The zero-order chi connectivity index (χ0) is 24.8. The van der Waals surface area contributed by atoms with Crippen LogP contribution >= 0.6 is 0 Å². The summed E-state index contributed by atoms with van der Waals surface area (Å²) in [6, 6.07) is 0. The molecule has 0 aromatic heterocycles. The Kier molecular flexibility index (Phi) is 33.0. The molecule has 0 aliphatic carbocycles. The minimum atomic E-state index is -0.672. The number of hydrogen-bond donors (Lipinski definition) is 1. The summed E-state index contributed by atoms with van der Waals surface area (Å²) in [5.41, 5.74) is 0. The van der Waals surface area contributed by atoms with Crippen LogP contribution in [0.4, 0.5) is 0 Å². The maximum atomic E-state index is 10.1. The normalized spacial score (nSPS) is 10.9. The predicted molar refractivity (Wildman–Crippen MR) is 149 cm³/mol. The van der Waals surface area contributed by atoms with Crippen LogP contribution in [-0.2, 0) is 4.79 Å². The fraction of sp³-hybridized carbons (Fsp3) is 0.968. The van der Waals surface area contributed by atoms with E-state index in [0.717, 1.165) is 18.8 Å². The number of unbranched alkanes of at least 4 members (excludes halogenated alkanes) is 21. The SMILES string of the molecule is CC(C)CCCCCC(=O)O.CCCCCCCCCCCCCCCCCCCCCC. The molecule has 2 nitrogen and oxygen atoms in total. The first-order valence-electron chi connectivity index (χ1n) is 15.3. The molecule has 0 fully saturated rings. The van der Waals surface area contributed by atoms with Gasteiger partial charge in [-0.15, -0.1) is 0 Å². The molecule has 0 saturated carbocycles. The Hall–Kier alpha value is -0.530. The Labute approximate surface area is 210 Å². The van der Waals surface area contributed by atoms with E-state index in [1.165, 1.54) is 141 Å². The van der Waals surface area contributed by atoms with E-state index in [-0.39, 0.29) is 0 Å². The van der Waals surface area contributed by atoms with Gasteiger partial charge in [0.1, 0.15) is 0 Å². The van der Waals surface area contributed by atoms with E-state index in [9.17, 15) is 4.79 Å². The maximum absolute atomic E-state index is 10.1. The van der Waals surface area contributed by atoms with Gasteiger partial charge < -0.3 is 5.11 Å². The smallest absolute Gasteiger partial charge is 0.303 e. The van der Waals surface area contributed by atoms with Crippen LogP contribution in [0, 0.1) is 5.92 Å². The molecular formula is C31H64O2. The van der Waals surface area contributed by atoms with E-state index in [0.29, 0.717) is 6.42 Å². The summed E-state index contributed by atoms with van der Waals surface area (Å²) < 4.78 is 0. The maximum Gasteiger partial charge on any atom is 0.303 e. The van der Waals surface area contributed by atoms with Crippen LogP contribution < -0.4 is 0 Å². The van der Waals surface area contributed by atoms with Crippen molar-refractivity contribution in [1.82, 2.24) is 0 Å². The van der Waals surface area contributed by atoms with E-state index >= 15 is 0 Å². The van der Waals surface area contributed by atoms with Gasteiger partial charge in [0, 0.05) is 6.42 Å². The van der Waals surface area contributed by atoms with Crippen LogP contribution in [-0.4, -0.2) is 11.1 Å². The molecule has 0 unspecified atom stereocenters. The van der Waals surface area contributed by atoms with Crippen LogP contribution in [0.1, 0.15) is 188 Å². The number of carboxylic acid groups (broad SMARTS) is 1. The van der Waals surface area contributed by atoms with E-state index in [4.69, 9.17) is 5.11 Å². The van der Waals surface area contributed by atoms with Crippen LogP contribution in [0.5, 0.6) is 0 Å². The largest absolute Gasteiger partial charge is 0.481 e. The summed E-state index contributed by atoms with van der Waals surface area (Å²) in [7, 11) is 0. The lowest BCUT2D eigenvalue weighted by Crippen LogP contribution is -1.94. The van der Waals surface area contributed by atoms with Gasteiger partial charge in [0.05, 0.1) is 0 Å². The van der Waals surface area contributed by atoms with Crippen molar-refractivity contribution in [3.8, 4) is 0 Å². The quantitative estimate of drug-likeness (QED) is 0.135. The first-order valence-corrected chi connectivity index (χ1v) is 15.3. The molecule has 0 radical (unpaired) electrons. The van der Waals surface area contributed by atoms with E-state index < -0.39 is 5.97 Å².